The fraction of sp³-hybridized carbons (Fsp3) is 0.360. The number of morpholine rings is 1. The summed E-state index contributed by atoms with van der Waals surface area (Å²) in [4.78, 5) is 40.4. The fourth-order valence-corrected chi connectivity index (χ4v) is 4.36. The maximum Gasteiger partial charge on any atom is 0.278 e. The van der Waals surface area contributed by atoms with E-state index in [-0.39, 0.29) is 11.8 Å². The van der Waals surface area contributed by atoms with E-state index in [0.717, 1.165) is 37.4 Å². The number of ether oxygens (including phenoxy) is 1. The van der Waals surface area contributed by atoms with Gasteiger partial charge in [0.15, 0.2) is 11.5 Å². The molecule has 9 heteroatoms. The number of fused-ring (bicyclic) bond motifs is 1. The van der Waals surface area contributed by atoms with Gasteiger partial charge in [0.1, 0.15) is 0 Å². The van der Waals surface area contributed by atoms with Gasteiger partial charge in [-0.3, -0.25) is 9.59 Å². The fourth-order valence-electron chi connectivity index (χ4n) is 4.36. The van der Waals surface area contributed by atoms with Crippen LogP contribution in [0.5, 0.6) is 0 Å². The lowest BCUT2D eigenvalue weighted by Gasteiger charge is -2.35. The minimum absolute atomic E-state index is 0.117. The van der Waals surface area contributed by atoms with Crippen LogP contribution in [0.15, 0.2) is 48.5 Å². The van der Waals surface area contributed by atoms with Crippen molar-refractivity contribution in [2.45, 2.75) is 6.92 Å². The molecule has 0 bridgehead atoms. The third kappa shape index (κ3) is 4.65. The summed E-state index contributed by atoms with van der Waals surface area (Å²) in [7, 11) is 0. The minimum atomic E-state index is -0.289. The highest BCUT2D eigenvalue weighted by atomic mass is 16.5. The number of hydrogen-bond acceptors (Lipinski definition) is 7. The number of para-hydroxylation sites is 2. The molecule has 3 aromatic rings. The lowest BCUT2D eigenvalue weighted by molar-refractivity contribution is -0.129. The van der Waals surface area contributed by atoms with Gasteiger partial charge in [-0.05, 0) is 36.4 Å². The third-order valence-electron chi connectivity index (χ3n) is 6.29. The van der Waals surface area contributed by atoms with E-state index in [9.17, 15) is 9.59 Å². The molecule has 0 radical (unpaired) electrons. The zero-order chi connectivity index (χ0) is 23.5. The van der Waals surface area contributed by atoms with Gasteiger partial charge in [-0.2, -0.15) is 0 Å². The molecule has 2 aromatic carbocycles. The van der Waals surface area contributed by atoms with Crippen molar-refractivity contribution in [2.24, 2.45) is 0 Å². The monoisotopic (exact) mass is 460 g/mol. The van der Waals surface area contributed by atoms with Gasteiger partial charge in [-0.15, -0.1) is 0 Å². The number of carbonyl (C=O) groups is 2. The Morgan fingerprint density at radius 1 is 0.824 bits per heavy atom. The maximum absolute atomic E-state index is 13.3. The molecule has 2 aliphatic heterocycles. The highest BCUT2D eigenvalue weighted by molar-refractivity contribution is 6.07. The highest BCUT2D eigenvalue weighted by Gasteiger charge is 2.23. The van der Waals surface area contributed by atoms with Gasteiger partial charge in [0, 0.05) is 57.6 Å². The average Bonchev–Trinajstić information content (AvgIpc) is 2.89. The molecule has 5 rings (SSSR count). The molecule has 0 atom stereocenters. The maximum atomic E-state index is 13.3. The van der Waals surface area contributed by atoms with Crippen LogP contribution >= 0.6 is 0 Å². The molecule has 2 aliphatic rings. The van der Waals surface area contributed by atoms with Crippen LogP contribution < -0.4 is 15.1 Å². The first-order chi connectivity index (χ1) is 16.6. The average molecular weight is 461 g/mol. The van der Waals surface area contributed by atoms with Gasteiger partial charge in [0.2, 0.25) is 5.91 Å². The smallest absolute Gasteiger partial charge is 0.278 e. The van der Waals surface area contributed by atoms with E-state index >= 15 is 0 Å². The zero-order valence-electron chi connectivity index (χ0n) is 19.2. The summed E-state index contributed by atoms with van der Waals surface area (Å²) >= 11 is 0. The Morgan fingerprint density at radius 2 is 1.47 bits per heavy atom. The van der Waals surface area contributed by atoms with Crippen molar-refractivity contribution in [3.8, 4) is 0 Å². The first-order valence-corrected chi connectivity index (χ1v) is 11.6. The molecule has 2 fully saturated rings. The number of benzene rings is 2. The molecule has 0 spiro atoms. The molecule has 3 heterocycles. The summed E-state index contributed by atoms with van der Waals surface area (Å²) < 4.78 is 5.47. The van der Waals surface area contributed by atoms with Crippen LogP contribution in [0.3, 0.4) is 0 Å². The second-order valence-corrected chi connectivity index (χ2v) is 8.48. The summed E-state index contributed by atoms with van der Waals surface area (Å²) in [6, 6.07) is 15.4. The van der Waals surface area contributed by atoms with Crippen molar-refractivity contribution < 1.29 is 14.3 Å². The number of aromatic nitrogens is 2. The number of anilines is 3. The van der Waals surface area contributed by atoms with E-state index in [4.69, 9.17) is 9.72 Å². The molecular formula is C25H28N6O3. The van der Waals surface area contributed by atoms with Gasteiger partial charge in [0.25, 0.3) is 5.91 Å². The topological polar surface area (TPSA) is 90.9 Å². The SMILES string of the molecule is CC(=O)N1CCN(c2ccc(NC(=O)c3nc4ccccc4nc3N3CCOCC3)cc2)CC1. The van der Waals surface area contributed by atoms with Gasteiger partial charge in [-0.1, -0.05) is 12.1 Å². The van der Waals surface area contributed by atoms with Crippen LogP contribution in [-0.4, -0.2) is 79.2 Å². The van der Waals surface area contributed by atoms with E-state index < -0.39 is 0 Å². The molecule has 0 unspecified atom stereocenters. The molecule has 1 N–H and O–H groups in total. The molecule has 2 saturated heterocycles. The molecule has 176 valence electrons. The number of nitrogens with zero attached hydrogens (tertiary/aromatic N) is 5. The van der Waals surface area contributed by atoms with Crippen LogP contribution in [-0.2, 0) is 9.53 Å². The van der Waals surface area contributed by atoms with Crippen molar-refractivity contribution in [3.63, 3.8) is 0 Å². The second-order valence-electron chi connectivity index (χ2n) is 8.48. The van der Waals surface area contributed by atoms with Crippen LogP contribution in [0.4, 0.5) is 17.2 Å². The Morgan fingerprint density at radius 3 is 2.12 bits per heavy atom. The molecule has 34 heavy (non-hydrogen) atoms. The van der Waals surface area contributed by atoms with Gasteiger partial charge >= 0.3 is 0 Å². The van der Waals surface area contributed by atoms with E-state index in [1.807, 2.05) is 53.4 Å². The molecular weight excluding hydrogens is 432 g/mol. The number of nitrogens with one attached hydrogen (secondary N) is 1. The first kappa shape index (κ1) is 22.1. The lowest BCUT2D eigenvalue weighted by Crippen LogP contribution is -2.48. The van der Waals surface area contributed by atoms with Crippen molar-refractivity contribution >= 4 is 40.0 Å². The minimum Gasteiger partial charge on any atom is -0.378 e. The van der Waals surface area contributed by atoms with Gasteiger partial charge < -0.3 is 24.8 Å². The molecule has 9 nitrogen and oxygen atoms in total. The predicted octanol–water partition coefficient (Wildman–Crippen LogP) is 2.39. The number of hydrogen-bond donors (Lipinski definition) is 1. The van der Waals surface area contributed by atoms with Crippen molar-refractivity contribution in [3.05, 3.63) is 54.2 Å². The van der Waals surface area contributed by atoms with Crippen molar-refractivity contribution in [1.82, 2.24) is 14.9 Å². The Bertz CT molecular complexity index is 1180. The second kappa shape index (κ2) is 9.64. The zero-order valence-corrected chi connectivity index (χ0v) is 19.2. The third-order valence-corrected chi connectivity index (χ3v) is 6.29. The molecule has 0 saturated carbocycles. The lowest BCUT2D eigenvalue weighted by atomic mass is 10.2. The summed E-state index contributed by atoms with van der Waals surface area (Å²) in [5, 5.41) is 2.98. The summed E-state index contributed by atoms with van der Waals surface area (Å²) in [6.45, 7) is 7.16. The Hall–Kier alpha value is -3.72. The standard InChI is InChI=1S/C25H28N6O3/c1-18(32)29-10-12-30(13-11-29)20-8-6-19(7-9-20)26-25(33)23-24(31-14-16-34-17-15-31)28-22-5-3-2-4-21(22)27-23/h2-9H,10-17H2,1H3,(H,26,33). The summed E-state index contributed by atoms with van der Waals surface area (Å²) in [6.07, 6.45) is 0. The number of piperazine rings is 1. The molecule has 1 aromatic heterocycles. The van der Waals surface area contributed by atoms with Gasteiger partial charge in [0.05, 0.1) is 24.2 Å². The Balaban J connectivity index is 1.34. The normalized spacial score (nSPS) is 16.6. The quantitative estimate of drug-likeness (QED) is 0.639. The summed E-state index contributed by atoms with van der Waals surface area (Å²) in [5.74, 6) is 0.410. The van der Waals surface area contributed by atoms with E-state index in [0.29, 0.717) is 49.0 Å². The molecule has 2 amide bonds. The van der Waals surface area contributed by atoms with Crippen LogP contribution in [0.1, 0.15) is 17.4 Å². The van der Waals surface area contributed by atoms with E-state index in [2.05, 4.69) is 20.1 Å². The summed E-state index contributed by atoms with van der Waals surface area (Å²) in [5.41, 5.74) is 3.52. The number of carbonyl (C=O) groups excluding carboxylic acids is 2. The predicted molar refractivity (Wildman–Crippen MR) is 131 cm³/mol. The van der Waals surface area contributed by atoms with Crippen LogP contribution in [0.25, 0.3) is 11.0 Å². The molecule has 0 aliphatic carbocycles. The number of rotatable bonds is 4. The largest absolute Gasteiger partial charge is 0.378 e. The van der Waals surface area contributed by atoms with E-state index in [1.165, 1.54) is 0 Å². The first-order valence-electron chi connectivity index (χ1n) is 11.6. The van der Waals surface area contributed by atoms with Crippen molar-refractivity contribution in [1.29, 1.82) is 0 Å². The van der Waals surface area contributed by atoms with Gasteiger partial charge in [-0.25, -0.2) is 9.97 Å². The number of amides is 2. The van der Waals surface area contributed by atoms with Crippen LogP contribution in [0, 0.1) is 0 Å². The Kier molecular flexibility index (Phi) is 6.27. The Labute approximate surface area is 198 Å². The van der Waals surface area contributed by atoms with Crippen LogP contribution in [0.2, 0.25) is 0 Å². The van der Waals surface area contributed by atoms with E-state index in [1.54, 1.807) is 6.92 Å². The van der Waals surface area contributed by atoms with Crippen molar-refractivity contribution in [2.75, 3.05) is 67.6 Å². The highest BCUT2D eigenvalue weighted by Crippen LogP contribution is 2.24.